The summed E-state index contributed by atoms with van der Waals surface area (Å²) in [6.07, 6.45) is 0.333. The van der Waals surface area contributed by atoms with Crippen molar-refractivity contribution in [3.05, 3.63) is 58.9 Å². The molecule has 0 spiro atoms. The molecule has 194 valence electrons. The first kappa shape index (κ1) is 24.8. The number of hydrogen-bond donors (Lipinski definition) is 2. The average Bonchev–Trinajstić information content (AvgIpc) is 3.18. The van der Waals surface area contributed by atoms with Gasteiger partial charge in [0, 0.05) is 50.3 Å². The molecule has 2 saturated heterocycles. The van der Waals surface area contributed by atoms with Crippen LogP contribution in [0, 0.1) is 5.82 Å². The van der Waals surface area contributed by atoms with Crippen LogP contribution >= 0.6 is 0 Å². The van der Waals surface area contributed by atoms with Gasteiger partial charge < -0.3 is 15.5 Å². The van der Waals surface area contributed by atoms with Crippen LogP contribution in [0.4, 0.5) is 10.1 Å². The van der Waals surface area contributed by atoms with Gasteiger partial charge in [0.2, 0.25) is 27.7 Å². The van der Waals surface area contributed by atoms with Crippen LogP contribution in [0.1, 0.15) is 39.1 Å². The van der Waals surface area contributed by atoms with Crippen molar-refractivity contribution in [3.8, 4) is 0 Å². The van der Waals surface area contributed by atoms with Crippen molar-refractivity contribution in [2.45, 2.75) is 30.3 Å². The molecule has 0 aliphatic carbocycles. The number of halogens is 1. The van der Waals surface area contributed by atoms with E-state index in [1.54, 1.807) is 11.0 Å². The van der Waals surface area contributed by atoms with Crippen molar-refractivity contribution in [2.75, 3.05) is 31.1 Å². The molecule has 2 aromatic rings. The predicted molar refractivity (Wildman–Crippen MR) is 128 cm³/mol. The van der Waals surface area contributed by atoms with Gasteiger partial charge in [-0.25, -0.2) is 12.8 Å². The summed E-state index contributed by atoms with van der Waals surface area (Å²) in [5.74, 6) is -2.66. The quantitative estimate of drug-likeness (QED) is 0.525. The maximum atomic E-state index is 15.1. The molecule has 2 fully saturated rings. The Morgan fingerprint density at radius 3 is 2.32 bits per heavy atom. The van der Waals surface area contributed by atoms with Crippen molar-refractivity contribution >= 4 is 39.3 Å². The standard InChI is InChI=1S/C24H24FN5O6S/c25-18-12-17-15(13-30(24(17)34)19-5-6-21(31)27-23(19)33)11-20(18)28-7-9-29(10-8-28)37(35,36)16-3-1-14(2-4-16)22(26)32/h1-4,11-12,19H,5-10,13H2,(H2,26,32)(H,27,31,33). The Hall–Kier alpha value is -3.84. The first-order valence-corrected chi connectivity index (χ1v) is 13.1. The number of anilines is 1. The van der Waals surface area contributed by atoms with Gasteiger partial charge in [-0.1, -0.05) is 0 Å². The number of piperidine rings is 1. The molecule has 3 aliphatic rings. The molecule has 3 N–H and O–H groups in total. The Labute approximate surface area is 212 Å². The van der Waals surface area contributed by atoms with Crippen LogP contribution in [0.5, 0.6) is 0 Å². The summed E-state index contributed by atoms with van der Waals surface area (Å²) in [6.45, 7) is 0.775. The molecule has 0 aromatic heterocycles. The number of piperazine rings is 1. The summed E-state index contributed by atoms with van der Waals surface area (Å²) in [6, 6.07) is 7.29. The molecule has 37 heavy (non-hydrogen) atoms. The predicted octanol–water partition coefficient (Wildman–Crippen LogP) is 0.197. The summed E-state index contributed by atoms with van der Waals surface area (Å²) in [5, 5.41) is 2.24. The molecular weight excluding hydrogens is 505 g/mol. The molecule has 2 aromatic carbocycles. The maximum absolute atomic E-state index is 15.1. The molecule has 11 nitrogen and oxygen atoms in total. The lowest BCUT2D eigenvalue weighted by atomic mass is 10.0. The van der Waals surface area contributed by atoms with E-state index >= 15 is 4.39 Å². The first-order chi connectivity index (χ1) is 17.6. The molecule has 0 bridgehead atoms. The third-order valence-corrected chi connectivity index (χ3v) is 8.86. The number of imide groups is 1. The van der Waals surface area contributed by atoms with Crippen molar-refractivity contribution in [3.63, 3.8) is 0 Å². The Bertz CT molecular complexity index is 1420. The topological polar surface area (TPSA) is 150 Å². The normalized spacial score (nSPS) is 20.7. The summed E-state index contributed by atoms with van der Waals surface area (Å²) >= 11 is 0. The minimum absolute atomic E-state index is 0.0294. The van der Waals surface area contributed by atoms with Crippen molar-refractivity contribution in [2.24, 2.45) is 5.73 Å². The minimum atomic E-state index is -3.82. The number of hydrogen-bond acceptors (Lipinski definition) is 7. The number of sulfonamides is 1. The van der Waals surface area contributed by atoms with E-state index in [1.807, 2.05) is 0 Å². The number of nitrogens with one attached hydrogen (secondary N) is 1. The second-order valence-corrected chi connectivity index (χ2v) is 11.1. The van der Waals surface area contributed by atoms with Gasteiger partial charge in [-0.15, -0.1) is 0 Å². The molecule has 5 rings (SSSR count). The number of primary amides is 1. The SMILES string of the molecule is NC(=O)c1ccc(S(=O)(=O)N2CCN(c3cc4c(cc3F)C(=O)N(C3CCC(=O)NC3=O)C4)CC2)cc1. The van der Waals surface area contributed by atoms with E-state index in [0.29, 0.717) is 5.56 Å². The number of rotatable bonds is 5. The number of nitrogens with zero attached hydrogens (tertiary/aromatic N) is 3. The van der Waals surface area contributed by atoms with E-state index < -0.39 is 39.6 Å². The van der Waals surface area contributed by atoms with Crippen molar-refractivity contribution in [1.82, 2.24) is 14.5 Å². The fraction of sp³-hybridized carbons (Fsp3) is 0.333. The highest BCUT2D eigenvalue weighted by Crippen LogP contribution is 2.33. The van der Waals surface area contributed by atoms with Crippen LogP contribution in [-0.4, -0.2) is 73.5 Å². The Morgan fingerprint density at radius 1 is 1.03 bits per heavy atom. The number of fused-ring (bicyclic) bond motifs is 1. The van der Waals surface area contributed by atoms with Gasteiger partial charge in [-0.2, -0.15) is 4.31 Å². The third kappa shape index (κ3) is 4.44. The molecule has 1 unspecified atom stereocenters. The fourth-order valence-electron chi connectivity index (χ4n) is 4.93. The van der Waals surface area contributed by atoms with E-state index in [-0.39, 0.29) is 73.2 Å². The van der Waals surface area contributed by atoms with Crippen LogP contribution in [0.15, 0.2) is 41.3 Å². The zero-order valence-corrected chi connectivity index (χ0v) is 20.5. The number of carbonyl (C=O) groups is 4. The number of benzene rings is 2. The maximum Gasteiger partial charge on any atom is 0.255 e. The average molecular weight is 530 g/mol. The van der Waals surface area contributed by atoms with E-state index in [9.17, 15) is 27.6 Å². The zero-order chi connectivity index (χ0) is 26.5. The number of amides is 4. The summed E-state index contributed by atoms with van der Waals surface area (Å²) in [7, 11) is -3.82. The lowest BCUT2D eigenvalue weighted by molar-refractivity contribution is -0.136. The molecule has 3 aliphatic heterocycles. The van der Waals surface area contributed by atoms with Gasteiger partial charge in [0.15, 0.2) is 0 Å². The molecule has 1 atom stereocenters. The van der Waals surface area contributed by atoms with Gasteiger partial charge in [0.1, 0.15) is 11.9 Å². The van der Waals surface area contributed by atoms with E-state index in [1.165, 1.54) is 33.5 Å². The van der Waals surface area contributed by atoms with E-state index in [4.69, 9.17) is 5.73 Å². The molecule has 3 heterocycles. The highest BCUT2D eigenvalue weighted by molar-refractivity contribution is 7.89. The number of nitrogens with two attached hydrogens (primary N) is 1. The Balaban J connectivity index is 1.29. The van der Waals surface area contributed by atoms with Gasteiger partial charge in [-0.3, -0.25) is 24.5 Å². The van der Waals surface area contributed by atoms with Crippen LogP contribution in [-0.2, 0) is 26.2 Å². The minimum Gasteiger partial charge on any atom is -0.367 e. The monoisotopic (exact) mass is 529 g/mol. The van der Waals surface area contributed by atoms with Crippen LogP contribution in [0.2, 0.25) is 0 Å². The summed E-state index contributed by atoms with van der Waals surface area (Å²) in [4.78, 5) is 50.9. The Morgan fingerprint density at radius 2 is 1.70 bits per heavy atom. The van der Waals surface area contributed by atoms with Crippen LogP contribution < -0.4 is 16.0 Å². The second kappa shape index (κ2) is 9.23. The molecule has 13 heteroatoms. The van der Waals surface area contributed by atoms with Gasteiger partial charge in [-0.05, 0) is 48.4 Å². The fourth-order valence-corrected chi connectivity index (χ4v) is 6.35. The van der Waals surface area contributed by atoms with Crippen LogP contribution in [0.3, 0.4) is 0 Å². The first-order valence-electron chi connectivity index (χ1n) is 11.7. The van der Waals surface area contributed by atoms with E-state index in [2.05, 4.69) is 5.32 Å². The smallest absolute Gasteiger partial charge is 0.255 e. The zero-order valence-electron chi connectivity index (χ0n) is 19.6. The van der Waals surface area contributed by atoms with Crippen molar-refractivity contribution < 1.29 is 32.0 Å². The van der Waals surface area contributed by atoms with Gasteiger partial charge >= 0.3 is 0 Å². The Kier molecular flexibility index (Phi) is 6.20. The number of carbonyl (C=O) groups excluding carboxylic acids is 4. The highest BCUT2D eigenvalue weighted by Gasteiger charge is 2.40. The lowest BCUT2D eigenvalue weighted by Gasteiger charge is -2.35. The second-order valence-electron chi connectivity index (χ2n) is 9.14. The lowest BCUT2D eigenvalue weighted by Crippen LogP contribution is -2.52. The third-order valence-electron chi connectivity index (χ3n) is 6.95. The van der Waals surface area contributed by atoms with Gasteiger partial charge in [0.25, 0.3) is 5.91 Å². The van der Waals surface area contributed by atoms with Crippen molar-refractivity contribution in [1.29, 1.82) is 0 Å². The molecular formula is C24H24FN5O6S. The summed E-state index contributed by atoms with van der Waals surface area (Å²) in [5.41, 5.74) is 6.40. The van der Waals surface area contributed by atoms with Crippen LogP contribution in [0.25, 0.3) is 0 Å². The van der Waals surface area contributed by atoms with E-state index in [0.717, 1.165) is 6.07 Å². The van der Waals surface area contributed by atoms with Gasteiger partial charge in [0.05, 0.1) is 10.6 Å². The molecule has 4 amide bonds. The largest absolute Gasteiger partial charge is 0.367 e. The summed E-state index contributed by atoms with van der Waals surface area (Å²) < 4.78 is 42.4. The molecule has 0 saturated carbocycles. The molecule has 0 radical (unpaired) electrons. The highest BCUT2D eigenvalue weighted by atomic mass is 32.2.